The average molecular weight is 222 g/mol. The molecule has 0 aromatic rings. The molecule has 1 saturated heterocycles. The van der Waals surface area contributed by atoms with E-state index in [-0.39, 0.29) is 0 Å². The van der Waals surface area contributed by atoms with Gasteiger partial charge in [-0.05, 0) is 6.42 Å². The zero-order valence-corrected chi connectivity index (χ0v) is 9.60. The molecule has 0 aliphatic carbocycles. The summed E-state index contributed by atoms with van der Waals surface area (Å²) in [6, 6.07) is 0. The van der Waals surface area contributed by atoms with Crippen LogP contribution in [0.5, 0.6) is 0 Å². The maximum absolute atomic E-state index is 5.25. The molecule has 0 unspecified atom stereocenters. The molecule has 1 fully saturated rings. The molecule has 1 aliphatic heterocycles. The Balaban J connectivity index is 2.44. The summed E-state index contributed by atoms with van der Waals surface area (Å²) in [5, 5.41) is 0. The molecule has 0 amide bonds. The van der Waals surface area contributed by atoms with Gasteiger partial charge in [-0.2, -0.15) is 9.78 Å². The summed E-state index contributed by atoms with van der Waals surface area (Å²) >= 11 is 1.47. The number of rotatable bonds is 4. The van der Waals surface area contributed by atoms with Crippen LogP contribution in [-0.2, 0) is 19.6 Å². The van der Waals surface area contributed by atoms with Crippen molar-refractivity contribution in [3.63, 3.8) is 0 Å². The quantitative estimate of drug-likeness (QED) is 0.684. The highest BCUT2D eigenvalue weighted by Crippen LogP contribution is 2.28. The van der Waals surface area contributed by atoms with E-state index in [9.17, 15) is 0 Å². The molecule has 1 rings (SSSR count). The van der Waals surface area contributed by atoms with Crippen molar-refractivity contribution < 1.29 is 19.6 Å². The monoisotopic (exact) mass is 222 g/mol. The summed E-state index contributed by atoms with van der Waals surface area (Å²) in [6.45, 7) is 4.13. The second-order valence-electron chi connectivity index (χ2n) is 3.21. The van der Waals surface area contributed by atoms with Crippen LogP contribution in [0.3, 0.4) is 0 Å². The summed E-state index contributed by atoms with van der Waals surface area (Å²) in [6.07, 6.45) is 3.65. The first kappa shape index (κ1) is 12.3. The van der Waals surface area contributed by atoms with Gasteiger partial charge in [-0.15, -0.1) is 0 Å². The molecule has 0 atom stereocenters. The fraction of sp³-hybridized carbons (Fsp3) is 1.00. The predicted molar refractivity (Wildman–Crippen MR) is 54.2 cm³/mol. The van der Waals surface area contributed by atoms with Crippen molar-refractivity contribution in [1.82, 2.24) is 0 Å². The summed E-state index contributed by atoms with van der Waals surface area (Å²) in [7, 11) is 0. The van der Waals surface area contributed by atoms with Crippen molar-refractivity contribution in [2.75, 3.05) is 11.9 Å². The van der Waals surface area contributed by atoms with Crippen LogP contribution in [0.25, 0.3) is 0 Å². The lowest BCUT2D eigenvalue weighted by Crippen LogP contribution is -2.36. The highest BCUT2D eigenvalue weighted by atomic mass is 32.2. The van der Waals surface area contributed by atoms with E-state index in [4.69, 9.17) is 19.6 Å². The van der Waals surface area contributed by atoms with Gasteiger partial charge in [0, 0.05) is 12.8 Å². The van der Waals surface area contributed by atoms with Gasteiger partial charge in [-0.25, -0.2) is 9.78 Å². The molecule has 5 heteroatoms. The van der Waals surface area contributed by atoms with Crippen LogP contribution in [0.2, 0.25) is 0 Å². The maximum atomic E-state index is 5.25. The van der Waals surface area contributed by atoms with Gasteiger partial charge in [-0.1, -0.05) is 32.0 Å². The van der Waals surface area contributed by atoms with E-state index in [0.29, 0.717) is 11.9 Å². The van der Waals surface area contributed by atoms with Crippen LogP contribution in [0.1, 0.15) is 39.5 Å². The summed E-state index contributed by atoms with van der Waals surface area (Å²) < 4.78 is 0. The third-order valence-electron chi connectivity index (χ3n) is 2.13. The van der Waals surface area contributed by atoms with Crippen molar-refractivity contribution >= 4 is 11.8 Å². The second kappa shape index (κ2) is 6.63. The van der Waals surface area contributed by atoms with E-state index in [1.54, 1.807) is 0 Å². The van der Waals surface area contributed by atoms with E-state index in [1.165, 1.54) is 11.8 Å². The SMILES string of the molecule is CCCCC1(CC)OOCSCOO1. The molecule has 14 heavy (non-hydrogen) atoms. The number of thioether (sulfide) groups is 1. The molecule has 1 heterocycles. The fourth-order valence-electron chi connectivity index (χ4n) is 1.20. The van der Waals surface area contributed by atoms with E-state index in [0.717, 1.165) is 25.7 Å². The molecule has 0 N–H and O–H groups in total. The lowest BCUT2D eigenvalue weighted by Gasteiger charge is -2.30. The first-order valence-electron chi connectivity index (χ1n) is 5.02. The van der Waals surface area contributed by atoms with Crippen LogP contribution in [-0.4, -0.2) is 17.7 Å². The molecule has 4 nitrogen and oxygen atoms in total. The smallest absolute Gasteiger partial charge is 0.223 e. The zero-order valence-electron chi connectivity index (χ0n) is 8.78. The van der Waals surface area contributed by atoms with Crippen LogP contribution < -0.4 is 0 Å². The van der Waals surface area contributed by atoms with Crippen molar-refractivity contribution in [3.05, 3.63) is 0 Å². The molecule has 1 aliphatic rings. The number of hydrogen-bond donors (Lipinski definition) is 0. The Bertz CT molecular complexity index is 140. The Morgan fingerprint density at radius 2 is 1.79 bits per heavy atom. The minimum atomic E-state index is -0.711. The molecular weight excluding hydrogens is 204 g/mol. The molecular formula is C9H18O4S. The zero-order chi connectivity index (χ0) is 10.3. The molecule has 0 bridgehead atoms. The maximum Gasteiger partial charge on any atom is 0.233 e. The Hall–Kier alpha value is 0.190. The van der Waals surface area contributed by atoms with E-state index in [2.05, 4.69) is 6.92 Å². The van der Waals surface area contributed by atoms with Crippen LogP contribution >= 0.6 is 11.8 Å². The molecule has 0 radical (unpaired) electrons. The number of hydrogen-bond acceptors (Lipinski definition) is 5. The minimum absolute atomic E-state index is 0.483. The van der Waals surface area contributed by atoms with E-state index < -0.39 is 5.79 Å². The van der Waals surface area contributed by atoms with Crippen LogP contribution in [0.4, 0.5) is 0 Å². The fourth-order valence-corrected chi connectivity index (χ4v) is 1.50. The largest absolute Gasteiger partial charge is 0.233 e. The van der Waals surface area contributed by atoms with E-state index in [1.807, 2.05) is 6.92 Å². The van der Waals surface area contributed by atoms with Crippen LogP contribution in [0.15, 0.2) is 0 Å². The van der Waals surface area contributed by atoms with Gasteiger partial charge < -0.3 is 0 Å². The first-order valence-corrected chi connectivity index (χ1v) is 6.17. The predicted octanol–water partition coefficient (Wildman–Crippen LogP) is 2.84. The lowest BCUT2D eigenvalue weighted by atomic mass is 10.1. The van der Waals surface area contributed by atoms with Crippen LogP contribution in [0, 0.1) is 0 Å². The normalized spacial score (nSPS) is 22.7. The van der Waals surface area contributed by atoms with E-state index >= 15 is 0 Å². The molecule has 0 aromatic carbocycles. The third-order valence-corrected chi connectivity index (χ3v) is 2.66. The average Bonchev–Trinajstić information content (AvgIpc) is 2.18. The van der Waals surface area contributed by atoms with Crippen molar-refractivity contribution in [1.29, 1.82) is 0 Å². The minimum Gasteiger partial charge on any atom is -0.223 e. The van der Waals surface area contributed by atoms with Gasteiger partial charge in [0.25, 0.3) is 0 Å². The van der Waals surface area contributed by atoms with Gasteiger partial charge in [0.2, 0.25) is 5.79 Å². The molecule has 0 aromatic heterocycles. The Kier molecular flexibility index (Phi) is 5.81. The van der Waals surface area contributed by atoms with Crippen molar-refractivity contribution in [2.45, 2.75) is 45.3 Å². The molecule has 0 saturated carbocycles. The Morgan fingerprint density at radius 3 is 2.29 bits per heavy atom. The first-order chi connectivity index (χ1) is 6.83. The lowest BCUT2D eigenvalue weighted by molar-refractivity contribution is -0.509. The summed E-state index contributed by atoms with van der Waals surface area (Å²) in [5.74, 6) is 0.255. The van der Waals surface area contributed by atoms with Gasteiger partial charge in [0.15, 0.2) is 0 Å². The standard InChI is InChI=1S/C9H18O4S/c1-3-5-6-9(4-2)12-10-7-14-8-11-13-9/h3-8H2,1-2H3. The summed E-state index contributed by atoms with van der Waals surface area (Å²) in [4.78, 5) is 20.6. The Morgan fingerprint density at radius 1 is 1.14 bits per heavy atom. The highest BCUT2D eigenvalue weighted by molar-refractivity contribution is 7.98. The summed E-state index contributed by atoms with van der Waals surface area (Å²) in [5.41, 5.74) is 0. The van der Waals surface area contributed by atoms with Crippen molar-refractivity contribution in [3.8, 4) is 0 Å². The molecule has 0 spiro atoms. The topological polar surface area (TPSA) is 36.9 Å². The van der Waals surface area contributed by atoms with Gasteiger partial charge in [0.05, 0.1) is 0 Å². The van der Waals surface area contributed by atoms with Gasteiger partial charge >= 0.3 is 0 Å². The third kappa shape index (κ3) is 3.74. The molecule has 84 valence electrons. The number of unbranched alkanes of at least 4 members (excludes halogenated alkanes) is 1. The van der Waals surface area contributed by atoms with Crippen molar-refractivity contribution in [2.24, 2.45) is 0 Å². The second-order valence-corrected chi connectivity index (χ2v) is 4.09. The Labute approximate surface area is 89.1 Å². The highest BCUT2D eigenvalue weighted by Gasteiger charge is 2.34. The van der Waals surface area contributed by atoms with Gasteiger partial charge in [0.1, 0.15) is 11.9 Å². The van der Waals surface area contributed by atoms with Gasteiger partial charge in [-0.3, -0.25) is 0 Å².